The molecule has 2 aliphatic heterocycles. The molecule has 3 rings (SSSR count). The fourth-order valence-corrected chi connectivity index (χ4v) is 3.37. The molecule has 1 unspecified atom stereocenters. The van der Waals surface area contributed by atoms with E-state index in [4.69, 9.17) is 9.72 Å². The van der Waals surface area contributed by atoms with E-state index in [2.05, 4.69) is 17.3 Å². The first kappa shape index (κ1) is 10.5. The average molecular weight is 239 g/mol. The van der Waals surface area contributed by atoms with Crippen LogP contribution in [-0.2, 0) is 17.8 Å². The van der Waals surface area contributed by atoms with Crippen molar-refractivity contribution in [1.82, 2.24) is 10.3 Å². The molecule has 5 heteroatoms. The third-order valence-electron chi connectivity index (χ3n) is 3.37. The fraction of sp³-hybridized carbons (Fsp3) is 0.727. The van der Waals surface area contributed by atoms with Crippen LogP contribution in [0.25, 0.3) is 0 Å². The summed E-state index contributed by atoms with van der Waals surface area (Å²) in [6, 6.07) is 0.605. The summed E-state index contributed by atoms with van der Waals surface area (Å²) in [4.78, 5) is 8.37. The lowest BCUT2D eigenvalue weighted by Crippen LogP contribution is -2.33. The van der Waals surface area contributed by atoms with Gasteiger partial charge in [-0.1, -0.05) is 11.3 Å². The van der Waals surface area contributed by atoms with Gasteiger partial charge < -0.3 is 15.0 Å². The zero-order chi connectivity index (χ0) is 11.0. The second kappa shape index (κ2) is 4.31. The molecule has 1 N–H and O–H groups in total. The van der Waals surface area contributed by atoms with Crippen LogP contribution >= 0.6 is 11.3 Å². The van der Waals surface area contributed by atoms with E-state index in [1.54, 1.807) is 11.3 Å². The van der Waals surface area contributed by atoms with Crippen molar-refractivity contribution in [3.8, 4) is 0 Å². The highest BCUT2D eigenvalue weighted by atomic mass is 32.1. The quantitative estimate of drug-likeness (QED) is 0.836. The maximum absolute atomic E-state index is 5.45. The lowest BCUT2D eigenvalue weighted by Gasteiger charge is -2.22. The zero-order valence-corrected chi connectivity index (χ0v) is 10.3. The SMILES string of the molecule is CN(c1nc2c(s1)COCC2)C1CCNC1. The number of ether oxygens (including phenoxy) is 1. The second-order valence-corrected chi connectivity index (χ2v) is 5.49. The molecule has 0 spiro atoms. The van der Waals surface area contributed by atoms with Crippen LogP contribution in [0.15, 0.2) is 0 Å². The maximum atomic E-state index is 5.45. The van der Waals surface area contributed by atoms with Crippen LogP contribution in [-0.4, -0.2) is 37.8 Å². The number of anilines is 1. The van der Waals surface area contributed by atoms with E-state index >= 15 is 0 Å². The zero-order valence-electron chi connectivity index (χ0n) is 9.53. The van der Waals surface area contributed by atoms with Crippen LogP contribution in [0.5, 0.6) is 0 Å². The first-order valence-electron chi connectivity index (χ1n) is 5.84. The first-order valence-corrected chi connectivity index (χ1v) is 6.66. The van der Waals surface area contributed by atoms with Crippen molar-refractivity contribution < 1.29 is 4.74 Å². The number of nitrogens with one attached hydrogen (secondary N) is 1. The highest BCUT2D eigenvalue weighted by Crippen LogP contribution is 2.30. The Kier molecular flexibility index (Phi) is 2.83. The minimum atomic E-state index is 0.605. The average Bonchev–Trinajstić information content (AvgIpc) is 2.97. The summed E-state index contributed by atoms with van der Waals surface area (Å²) in [6.45, 7) is 3.79. The van der Waals surface area contributed by atoms with E-state index in [0.717, 1.165) is 37.9 Å². The van der Waals surface area contributed by atoms with Crippen molar-refractivity contribution in [2.45, 2.75) is 25.5 Å². The predicted octanol–water partition coefficient (Wildman–Crippen LogP) is 1.01. The molecule has 1 saturated heterocycles. The highest BCUT2D eigenvalue weighted by Gasteiger charge is 2.24. The van der Waals surface area contributed by atoms with Gasteiger partial charge in [0.15, 0.2) is 5.13 Å². The summed E-state index contributed by atoms with van der Waals surface area (Å²) in [5.41, 5.74) is 1.25. The van der Waals surface area contributed by atoms with Gasteiger partial charge in [-0.05, 0) is 13.0 Å². The fourth-order valence-electron chi connectivity index (χ4n) is 2.29. The Hall–Kier alpha value is -0.650. The van der Waals surface area contributed by atoms with Gasteiger partial charge in [-0.15, -0.1) is 0 Å². The second-order valence-electron chi connectivity index (χ2n) is 4.43. The minimum absolute atomic E-state index is 0.605. The molecule has 0 aromatic carbocycles. The van der Waals surface area contributed by atoms with Gasteiger partial charge in [0.1, 0.15) is 0 Å². The van der Waals surface area contributed by atoms with E-state index in [1.165, 1.54) is 17.0 Å². The van der Waals surface area contributed by atoms with Crippen molar-refractivity contribution in [3.63, 3.8) is 0 Å². The number of likely N-dealkylation sites (N-methyl/N-ethyl adjacent to an activating group) is 1. The van der Waals surface area contributed by atoms with Crippen LogP contribution < -0.4 is 10.2 Å². The Morgan fingerprint density at radius 1 is 1.56 bits per heavy atom. The van der Waals surface area contributed by atoms with E-state index in [0.29, 0.717) is 6.04 Å². The van der Waals surface area contributed by atoms with Gasteiger partial charge in [-0.2, -0.15) is 0 Å². The largest absolute Gasteiger partial charge is 0.375 e. The molecule has 1 aromatic heterocycles. The van der Waals surface area contributed by atoms with Crippen LogP contribution in [0.4, 0.5) is 5.13 Å². The summed E-state index contributed by atoms with van der Waals surface area (Å²) < 4.78 is 5.45. The Bertz CT molecular complexity index is 350. The first-order chi connectivity index (χ1) is 7.84. The monoisotopic (exact) mass is 239 g/mol. The number of hydrogen-bond donors (Lipinski definition) is 1. The number of fused-ring (bicyclic) bond motifs is 1. The van der Waals surface area contributed by atoms with Gasteiger partial charge in [0.25, 0.3) is 0 Å². The van der Waals surface area contributed by atoms with Crippen molar-refractivity contribution >= 4 is 16.5 Å². The maximum Gasteiger partial charge on any atom is 0.185 e. The lowest BCUT2D eigenvalue weighted by atomic mass is 10.2. The van der Waals surface area contributed by atoms with Gasteiger partial charge in [0.2, 0.25) is 0 Å². The number of hydrogen-bond acceptors (Lipinski definition) is 5. The number of rotatable bonds is 2. The molecule has 88 valence electrons. The van der Waals surface area contributed by atoms with E-state index in [1.807, 2.05) is 0 Å². The van der Waals surface area contributed by atoms with Gasteiger partial charge in [0, 0.05) is 26.1 Å². The molecular formula is C11H17N3OS. The Balaban J connectivity index is 1.80. The Morgan fingerprint density at radius 3 is 3.25 bits per heavy atom. The van der Waals surface area contributed by atoms with Crippen LogP contribution in [0.2, 0.25) is 0 Å². The summed E-state index contributed by atoms with van der Waals surface area (Å²) in [6.07, 6.45) is 2.19. The smallest absolute Gasteiger partial charge is 0.185 e. The van der Waals surface area contributed by atoms with Crippen molar-refractivity contribution in [1.29, 1.82) is 0 Å². The molecule has 0 saturated carbocycles. The molecular weight excluding hydrogens is 222 g/mol. The number of aromatic nitrogens is 1. The van der Waals surface area contributed by atoms with Crippen LogP contribution in [0, 0.1) is 0 Å². The predicted molar refractivity (Wildman–Crippen MR) is 65.2 cm³/mol. The molecule has 3 heterocycles. The Labute approximate surface area is 99.6 Å². The molecule has 0 aliphatic carbocycles. The molecule has 2 aliphatic rings. The molecule has 16 heavy (non-hydrogen) atoms. The molecule has 4 nitrogen and oxygen atoms in total. The summed E-state index contributed by atoms with van der Waals surface area (Å²) in [7, 11) is 2.16. The molecule has 1 fully saturated rings. The van der Waals surface area contributed by atoms with E-state index in [9.17, 15) is 0 Å². The Morgan fingerprint density at radius 2 is 2.50 bits per heavy atom. The summed E-state index contributed by atoms with van der Waals surface area (Å²) in [5.74, 6) is 0. The normalized spacial score (nSPS) is 24.4. The minimum Gasteiger partial charge on any atom is -0.375 e. The van der Waals surface area contributed by atoms with Crippen molar-refractivity contribution in [3.05, 3.63) is 10.6 Å². The highest BCUT2D eigenvalue weighted by molar-refractivity contribution is 7.15. The molecule has 0 radical (unpaired) electrons. The number of thiazole rings is 1. The summed E-state index contributed by atoms with van der Waals surface area (Å²) in [5, 5.41) is 4.55. The van der Waals surface area contributed by atoms with E-state index in [-0.39, 0.29) is 0 Å². The molecule has 1 atom stereocenters. The van der Waals surface area contributed by atoms with Gasteiger partial charge in [-0.3, -0.25) is 0 Å². The van der Waals surface area contributed by atoms with Crippen molar-refractivity contribution in [2.75, 3.05) is 31.6 Å². The number of nitrogens with zero attached hydrogens (tertiary/aromatic N) is 2. The van der Waals surface area contributed by atoms with Gasteiger partial charge in [-0.25, -0.2) is 4.98 Å². The topological polar surface area (TPSA) is 37.4 Å². The van der Waals surface area contributed by atoms with Crippen LogP contribution in [0.3, 0.4) is 0 Å². The van der Waals surface area contributed by atoms with Gasteiger partial charge in [0.05, 0.1) is 23.8 Å². The molecule has 0 amide bonds. The lowest BCUT2D eigenvalue weighted by molar-refractivity contribution is 0.112. The summed E-state index contributed by atoms with van der Waals surface area (Å²) >= 11 is 1.79. The third-order valence-corrected chi connectivity index (χ3v) is 4.53. The molecule has 1 aromatic rings. The standard InChI is InChI=1S/C11H17N3OS/c1-14(8-2-4-12-6-8)11-13-9-3-5-15-7-10(9)16-11/h8,12H,2-7H2,1H3. The molecule has 0 bridgehead atoms. The van der Waals surface area contributed by atoms with Gasteiger partial charge >= 0.3 is 0 Å². The van der Waals surface area contributed by atoms with E-state index < -0.39 is 0 Å². The van der Waals surface area contributed by atoms with Crippen molar-refractivity contribution in [2.24, 2.45) is 0 Å². The van der Waals surface area contributed by atoms with Crippen LogP contribution in [0.1, 0.15) is 17.0 Å². The third kappa shape index (κ3) is 1.83.